The molecule has 1 aromatic rings. The van der Waals surface area contributed by atoms with E-state index < -0.39 is 17.3 Å². The van der Waals surface area contributed by atoms with Crippen molar-refractivity contribution in [1.82, 2.24) is 5.32 Å². The number of hydrogen-bond acceptors (Lipinski definition) is 1. The molecule has 0 aromatic heterocycles. The zero-order valence-corrected chi connectivity index (χ0v) is 12.2. The third-order valence-electron chi connectivity index (χ3n) is 2.18. The van der Waals surface area contributed by atoms with Crippen molar-refractivity contribution >= 4 is 45.0 Å². The lowest BCUT2D eigenvalue weighted by Crippen LogP contribution is -2.49. The van der Waals surface area contributed by atoms with Crippen molar-refractivity contribution in [3.63, 3.8) is 0 Å². The fourth-order valence-corrected chi connectivity index (χ4v) is 1.96. The van der Waals surface area contributed by atoms with Crippen LogP contribution in [-0.2, 0) is 0 Å². The molecule has 0 aliphatic heterocycles. The summed E-state index contributed by atoms with van der Waals surface area (Å²) in [5.74, 6) is -0.540. The van der Waals surface area contributed by atoms with E-state index in [1.807, 2.05) is 0 Å². The lowest BCUT2D eigenvalue weighted by atomic mass is 10.1. The molecule has 1 amide bonds. The minimum Gasteiger partial charge on any atom is -0.344 e. The van der Waals surface area contributed by atoms with Crippen molar-refractivity contribution < 1.29 is 9.18 Å². The smallest absolute Gasteiger partial charge is 0.253 e. The molecule has 0 atom stereocenters. The standard InChI is InChI=1S/C11H11BrCl2FNO/c1-11(5-13,6-14)16-10(17)8-4-7(15)2-3-9(8)12/h2-4H,5-6H2,1H3,(H,16,17). The summed E-state index contributed by atoms with van der Waals surface area (Å²) in [6, 6.07) is 3.90. The Balaban J connectivity index is 2.94. The number of amides is 1. The summed E-state index contributed by atoms with van der Waals surface area (Å²) in [5, 5.41) is 2.68. The minimum atomic E-state index is -0.716. The topological polar surface area (TPSA) is 29.1 Å². The molecule has 0 aliphatic carbocycles. The Labute approximate surface area is 118 Å². The molecule has 0 unspecified atom stereocenters. The van der Waals surface area contributed by atoms with Crippen molar-refractivity contribution in [3.8, 4) is 0 Å². The van der Waals surface area contributed by atoms with E-state index in [2.05, 4.69) is 21.2 Å². The van der Waals surface area contributed by atoms with Crippen LogP contribution >= 0.6 is 39.1 Å². The third-order valence-corrected chi connectivity index (χ3v) is 4.05. The van der Waals surface area contributed by atoms with Gasteiger partial charge in [0.05, 0.1) is 11.1 Å². The second-order valence-electron chi connectivity index (χ2n) is 3.91. The zero-order valence-electron chi connectivity index (χ0n) is 9.07. The van der Waals surface area contributed by atoms with Crippen LogP contribution in [0.2, 0.25) is 0 Å². The van der Waals surface area contributed by atoms with Gasteiger partial charge in [0.15, 0.2) is 0 Å². The maximum atomic E-state index is 13.1. The van der Waals surface area contributed by atoms with Gasteiger partial charge in [0.2, 0.25) is 0 Å². The van der Waals surface area contributed by atoms with E-state index in [0.717, 1.165) is 6.07 Å². The van der Waals surface area contributed by atoms with E-state index in [9.17, 15) is 9.18 Å². The predicted molar refractivity (Wildman–Crippen MR) is 71.4 cm³/mol. The fourth-order valence-electron chi connectivity index (χ4n) is 1.12. The van der Waals surface area contributed by atoms with E-state index in [0.29, 0.717) is 4.47 Å². The number of alkyl halides is 2. The van der Waals surface area contributed by atoms with Crippen molar-refractivity contribution in [2.24, 2.45) is 0 Å². The maximum absolute atomic E-state index is 13.1. The first-order valence-corrected chi connectivity index (χ1v) is 6.67. The zero-order chi connectivity index (χ0) is 13.1. The second kappa shape index (κ2) is 6.03. The second-order valence-corrected chi connectivity index (χ2v) is 5.30. The van der Waals surface area contributed by atoms with E-state index >= 15 is 0 Å². The molecule has 0 fully saturated rings. The normalized spacial score (nSPS) is 11.4. The van der Waals surface area contributed by atoms with Crippen molar-refractivity contribution in [2.75, 3.05) is 11.8 Å². The molecule has 0 saturated carbocycles. The van der Waals surface area contributed by atoms with Gasteiger partial charge in [0.25, 0.3) is 5.91 Å². The largest absolute Gasteiger partial charge is 0.344 e. The van der Waals surface area contributed by atoms with Gasteiger partial charge in [0, 0.05) is 16.2 Å². The van der Waals surface area contributed by atoms with Crippen molar-refractivity contribution in [2.45, 2.75) is 12.5 Å². The Hall–Kier alpha value is -0.320. The monoisotopic (exact) mass is 341 g/mol. The number of nitrogens with one attached hydrogen (secondary N) is 1. The molecule has 6 heteroatoms. The lowest BCUT2D eigenvalue weighted by molar-refractivity contribution is 0.0920. The van der Waals surface area contributed by atoms with E-state index in [1.165, 1.54) is 12.1 Å². The molecule has 0 saturated heterocycles. The average molecular weight is 343 g/mol. The summed E-state index contributed by atoms with van der Waals surface area (Å²) in [4.78, 5) is 11.9. The first kappa shape index (κ1) is 14.7. The van der Waals surface area contributed by atoms with Crippen LogP contribution in [0.4, 0.5) is 4.39 Å². The van der Waals surface area contributed by atoms with Crippen LogP contribution in [0.25, 0.3) is 0 Å². The van der Waals surface area contributed by atoms with Crippen molar-refractivity contribution in [1.29, 1.82) is 0 Å². The van der Waals surface area contributed by atoms with Crippen LogP contribution in [0.1, 0.15) is 17.3 Å². The lowest BCUT2D eigenvalue weighted by Gasteiger charge is -2.26. The summed E-state index contributed by atoms with van der Waals surface area (Å²) in [7, 11) is 0. The molecule has 0 bridgehead atoms. The SMILES string of the molecule is CC(CCl)(CCl)NC(=O)c1cc(F)ccc1Br. The number of rotatable bonds is 4. The van der Waals surface area contributed by atoms with E-state index in [-0.39, 0.29) is 17.3 Å². The van der Waals surface area contributed by atoms with Crippen LogP contribution < -0.4 is 5.32 Å². The fraction of sp³-hybridized carbons (Fsp3) is 0.364. The van der Waals surface area contributed by atoms with Gasteiger partial charge in [-0.1, -0.05) is 0 Å². The molecule has 0 radical (unpaired) electrons. The van der Waals surface area contributed by atoms with Gasteiger partial charge in [-0.3, -0.25) is 4.79 Å². The molecular formula is C11H11BrCl2FNO. The Kier molecular flexibility index (Phi) is 5.22. The van der Waals surface area contributed by atoms with Gasteiger partial charge < -0.3 is 5.32 Å². The Morgan fingerprint density at radius 1 is 1.47 bits per heavy atom. The highest BCUT2D eigenvalue weighted by Gasteiger charge is 2.25. The number of carbonyl (C=O) groups excluding carboxylic acids is 1. The van der Waals surface area contributed by atoms with Crippen molar-refractivity contribution in [3.05, 3.63) is 34.1 Å². The number of hydrogen-bond donors (Lipinski definition) is 1. The molecule has 0 spiro atoms. The number of benzene rings is 1. The molecule has 94 valence electrons. The molecule has 0 heterocycles. The van der Waals surface area contributed by atoms with Crippen LogP contribution in [0, 0.1) is 5.82 Å². The average Bonchev–Trinajstić information content (AvgIpc) is 2.32. The van der Waals surface area contributed by atoms with Gasteiger partial charge in [-0.25, -0.2) is 4.39 Å². The van der Waals surface area contributed by atoms with Crippen LogP contribution in [-0.4, -0.2) is 23.2 Å². The maximum Gasteiger partial charge on any atom is 0.253 e. The Morgan fingerprint density at radius 3 is 2.59 bits per heavy atom. The Morgan fingerprint density at radius 2 is 2.06 bits per heavy atom. The Bertz CT molecular complexity index is 424. The van der Waals surface area contributed by atoms with Gasteiger partial charge >= 0.3 is 0 Å². The quantitative estimate of drug-likeness (QED) is 0.833. The van der Waals surface area contributed by atoms with Gasteiger partial charge in [-0.05, 0) is 41.1 Å². The summed E-state index contributed by atoms with van der Waals surface area (Å²) < 4.78 is 13.6. The molecule has 1 aromatic carbocycles. The first-order valence-electron chi connectivity index (χ1n) is 4.81. The summed E-state index contributed by atoms with van der Waals surface area (Å²) in [5.41, 5.74) is -0.502. The molecular weight excluding hydrogens is 332 g/mol. The van der Waals surface area contributed by atoms with Crippen LogP contribution in [0.5, 0.6) is 0 Å². The molecule has 0 aliphatic rings. The molecule has 1 N–H and O–H groups in total. The third kappa shape index (κ3) is 3.83. The summed E-state index contributed by atoms with van der Waals surface area (Å²) >= 11 is 14.6. The predicted octanol–water partition coefficient (Wildman–Crippen LogP) is 3.55. The van der Waals surface area contributed by atoms with Crippen LogP contribution in [0.15, 0.2) is 22.7 Å². The highest BCUT2D eigenvalue weighted by molar-refractivity contribution is 9.10. The van der Waals surface area contributed by atoms with E-state index in [4.69, 9.17) is 23.2 Å². The molecule has 17 heavy (non-hydrogen) atoms. The van der Waals surface area contributed by atoms with Gasteiger partial charge in [-0.2, -0.15) is 0 Å². The number of carbonyl (C=O) groups is 1. The molecule has 1 rings (SSSR count). The summed E-state index contributed by atoms with van der Waals surface area (Å²) in [6.45, 7) is 1.72. The van der Waals surface area contributed by atoms with E-state index in [1.54, 1.807) is 6.92 Å². The first-order chi connectivity index (χ1) is 7.91. The highest BCUT2D eigenvalue weighted by Crippen LogP contribution is 2.19. The van der Waals surface area contributed by atoms with Crippen LogP contribution in [0.3, 0.4) is 0 Å². The minimum absolute atomic E-state index is 0.176. The summed E-state index contributed by atoms with van der Waals surface area (Å²) in [6.07, 6.45) is 0. The van der Waals surface area contributed by atoms with Gasteiger partial charge in [-0.15, -0.1) is 23.2 Å². The molecule has 2 nitrogen and oxygen atoms in total. The number of halogens is 4. The van der Waals surface area contributed by atoms with Gasteiger partial charge in [0.1, 0.15) is 5.82 Å². The highest BCUT2D eigenvalue weighted by atomic mass is 79.9.